The third-order valence-corrected chi connectivity index (χ3v) is 8.61. The molecule has 0 aliphatic carbocycles. The number of hydrogen-bond acceptors (Lipinski definition) is 3. The fourth-order valence-electron chi connectivity index (χ4n) is 1.55. The summed E-state index contributed by atoms with van der Waals surface area (Å²) in [5.41, 5.74) is 0. The van der Waals surface area contributed by atoms with Crippen LogP contribution in [-0.2, 0) is 13.3 Å². The predicted octanol–water partition coefficient (Wildman–Crippen LogP) is 5.93. The maximum absolute atomic E-state index is 5.66. The van der Waals surface area contributed by atoms with Crippen LogP contribution in [0.3, 0.4) is 0 Å². The fourth-order valence-corrected chi connectivity index (χ4v) is 6.66. The summed E-state index contributed by atoms with van der Waals surface area (Å²) < 4.78 is 16.9. The van der Waals surface area contributed by atoms with Gasteiger partial charge in [0.25, 0.3) is 0 Å². The van der Waals surface area contributed by atoms with Crippen molar-refractivity contribution in [3.63, 3.8) is 0 Å². The molecule has 0 amide bonds. The van der Waals surface area contributed by atoms with E-state index in [2.05, 4.69) is 0 Å². The number of alkyl halides is 2. The summed E-state index contributed by atoms with van der Waals surface area (Å²) in [5, 5.41) is 0. The zero-order valence-corrected chi connectivity index (χ0v) is 19.3. The summed E-state index contributed by atoms with van der Waals surface area (Å²) in [7, 11) is -2.40. The van der Waals surface area contributed by atoms with E-state index in [-0.39, 0.29) is 0 Å². The second-order valence-corrected chi connectivity index (χ2v) is 16.9. The van der Waals surface area contributed by atoms with Gasteiger partial charge in [-0.1, -0.05) is 0 Å². The van der Waals surface area contributed by atoms with Crippen LogP contribution in [0.1, 0.15) is 33.6 Å². The van der Waals surface area contributed by atoms with Crippen molar-refractivity contribution in [3.8, 4) is 0 Å². The van der Waals surface area contributed by atoms with Crippen LogP contribution in [-0.4, -0.2) is 46.4 Å². The molecule has 0 aliphatic heterocycles. The largest absolute Gasteiger partial charge is 0.500 e. The first-order valence-electron chi connectivity index (χ1n) is 7.41. The highest BCUT2D eigenvalue weighted by Gasteiger charge is 2.39. The zero-order chi connectivity index (χ0) is 17.5. The van der Waals surface area contributed by atoms with Gasteiger partial charge in [-0.25, -0.2) is 0 Å². The minimum absolute atomic E-state index is 0.584. The average Bonchev–Trinajstić information content (AvgIpc) is 2.44. The van der Waals surface area contributed by atoms with Crippen molar-refractivity contribution in [1.82, 2.24) is 0 Å². The maximum Gasteiger partial charge on any atom is 0.500 e. The molecule has 10 heteroatoms. The SMILES string of the molecule is CCO[Si](CCCCl)(OCC)OCC.ClCCC[Si](Cl)(Cl)Cl. The van der Waals surface area contributed by atoms with Crippen LogP contribution in [0.25, 0.3) is 0 Å². The molecule has 0 aromatic rings. The van der Waals surface area contributed by atoms with Gasteiger partial charge in [-0.15, -0.1) is 56.4 Å². The third-order valence-electron chi connectivity index (χ3n) is 2.30. The fraction of sp³-hybridized carbons (Fsp3) is 1.00. The molecule has 0 saturated carbocycles. The molecule has 136 valence electrons. The van der Waals surface area contributed by atoms with Gasteiger partial charge in [0.15, 0.2) is 0 Å². The van der Waals surface area contributed by atoms with E-state index in [0.717, 1.165) is 18.9 Å². The smallest absolute Gasteiger partial charge is 0.374 e. The van der Waals surface area contributed by atoms with Gasteiger partial charge in [0, 0.05) is 37.6 Å². The minimum atomic E-state index is -2.40. The molecule has 0 bridgehead atoms. The summed E-state index contributed by atoms with van der Waals surface area (Å²) in [5.74, 6) is 1.21. The first-order chi connectivity index (χ1) is 10.3. The lowest BCUT2D eigenvalue weighted by molar-refractivity contribution is 0.0712. The van der Waals surface area contributed by atoms with E-state index in [0.29, 0.717) is 37.6 Å². The van der Waals surface area contributed by atoms with Gasteiger partial charge in [0.1, 0.15) is 0 Å². The van der Waals surface area contributed by atoms with Gasteiger partial charge in [0.2, 0.25) is 0 Å². The van der Waals surface area contributed by atoms with E-state index in [1.165, 1.54) is 0 Å². The van der Waals surface area contributed by atoms with Crippen LogP contribution < -0.4 is 0 Å². The Morgan fingerprint density at radius 2 is 1.05 bits per heavy atom. The van der Waals surface area contributed by atoms with Crippen LogP contribution in [0.15, 0.2) is 0 Å². The minimum Gasteiger partial charge on any atom is -0.374 e. The number of hydrogen-bond donors (Lipinski definition) is 0. The van der Waals surface area contributed by atoms with Gasteiger partial charge in [-0.3, -0.25) is 0 Å². The van der Waals surface area contributed by atoms with Crippen molar-refractivity contribution in [2.75, 3.05) is 31.6 Å². The van der Waals surface area contributed by atoms with Crippen LogP contribution in [0.5, 0.6) is 0 Å². The summed E-state index contributed by atoms with van der Waals surface area (Å²) in [4.78, 5) is 0. The molecule has 0 rings (SSSR count). The Kier molecular flexibility index (Phi) is 19.2. The summed E-state index contributed by atoms with van der Waals surface area (Å²) in [6, 6.07) is -0.867. The van der Waals surface area contributed by atoms with Crippen molar-refractivity contribution in [1.29, 1.82) is 0 Å². The average molecular weight is 453 g/mol. The highest BCUT2D eigenvalue weighted by Crippen LogP contribution is 2.26. The maximum atomic E-state index is 5.66. The Labute approximate surface area is 161 Å². The second kappa shape index (κ2) is 16.2. The van der Waals surface area contributed by atoms with Crippen molar-refractivity contribution in [3.05, 3.63) is 0 Å². The number of halogens is 5. The topological polar surface area (TPSA) is 27.7 Å². The summed E-state index contributed by atoms with van der Waals surface area (Å²) >= 11 is 27.6. The molecule has 0 atom stereocenters. The van der Waals surface area contributed by atoms with Crippen LogP contribution >= 0.6 is 56.4 Å². The van der Waals surface area contributed by atoms with Crippen LogP contribution in [0.2, 0.25) is 12.1 Å². The van der Waals surface area contributed by atoms with Gasteiger partial charge in [-0.2, -0.15) is 0 Å². The Morgan fingerprint density at radius 3 is 1.27 bits per heavy atom. The van der Waals surface area contributed by atoms with Crippen molar-refractivity contribution < 1.29 is 13.3 Å². The molecule has 22 heavy (non-hydrogen) atoms. The van der Waals surface area contributed by atoms with E-state index in [1.807, 2.05) is 20.8 Å². The molecule has 0 spiro atoms. The van der Waals surface area contributed by atoms with Gasteiger partial charge >= 0.3 is 14.8 Å². The quantitative estimate of drug-likeness (QED) is 0.208. The first-order valence-corrected chi connectivity index (χ1v) is 15.7. The highest BCUT2D eigenvalue weighted by molar-refractivity contribution is 7.64. The van der Waals surface area contributed by atoms with Crippen LogP contribution in [0.4, 0.5) is 0 Å². The summed E-state index contributed by atoms with van der Waals surface area (Å²) in [6.07, 6.45) is 1.69. The van der Waals surface area contributed by atoms with Crippen molar-refractivity contribution in [2.24, 2.45) is 0 Å². The zero-order valence-electron chi connectivity index (χ0n) is 13.5. The van der Waals surface area contributed by atoms with Gasteiger partial charge < -0.3 is 13.3 Å². The van der Waals surface area contributed by atoms with E-state index in [4.69, 9.17) is 69.7 Å². The lowest BCUT2D eigenvalue weighted by atomic mass is 10.6. The molecule has 0 aromatic carbocycles. The van der Waals surface area contributed by atoms with Gasteiger partial charge in [0.05, 0.1) is 0 Å². The molecule has 0 N–H and O–H groups in total. The van der Waals surface area contributed by atoms with Crippen LogP contribution in [0, 0.1) is 0 Å². The molecule has 0 saturated heterocycles. The monoisotopic (exact) mass is 450 g/mol. The van der Waals surface area contributed by atoms with E-state index in [9.17, 15) is 0 Å². The Morgan fingerprint density at radius 1 is 0.682 bits per heavy atom. The molecular formula is C12H27Cl5O3Si2. The van der Waals surface area contributed by atoms with E-state index < -0.39 is 14.8 Å². The normalized spacial score (nSPS) is 12.0. The molecule has 0 heterocycles. The Hall–Kier alpha value is 1.76. The predicted molar refractivity (Wildman–Crippen MR) is 104 cm³/mol. The molecule has 3 nitrogen and oxygen atoms in total. The first kappa shape index (κ1) is 26.0. The molecule has 0 unspecified atom stereocenters. The van der Waals surface area contributed by atoms with Crippen molar-refractivity contribution >= 4 is 71.2 Å². The number of rotatable bonds is 12. The highest BCUT2D eigenvalue weighted by atomic mass is 35.8. The molecular weight excluding hydrogens is 426 g/mol. The van der Waals surface area contributed by atoms with Crippen molar-refractivity contribution in [2.45, 2.75) is 45.7 Å². The second-order valence-electron chi connectivity index (χ2n) is 4.18. The lowest BCUT2D eigenvalue weighted by Crippen LogP contribution is -2.46. The lowest BCUT2D eigenvalue weighted by Gasteiger charge is -2.28. The molecule has 0 aromatic heterocycles. The summed E-state index contributed by atoms with van der Waals surface area (Å²) in [6.45, 7) is 7.78. The third kappa shape index (κ3) is 16.6. The molecule has 0 aliphatic rings. The van der Waals surface area contributed by atoms with E-state index >= 15 is 0 Å². The van der Waals surface area contributed by atoms with E-state index in [1.54, 1.807) is 0 Å². The molecule has 0 fully saturated rings. The molecule has 0 radical (unpaired) electrons. The van der Waals surface area contributed by atoms with Gasteiger partial charge in [-0.05, 0) is 39.7 Å². The Bertz CT molecular complexity index is 228. The standard InChI is InChI=1S/C9H21ClO3Si.C3H6Cl4Si/c1-4-11-14(12-5-2,13-6-3)9-7-8-10;4-2-1-3-8(5,6)7/h4-9H2,1-3H3;1-3H2. The Balaban J connectivity index is 0.